The maximum atomic E-state index is 12.3. The zero-order valence-corrected chi connectivity index (χ0v) is 11.8. The van der Waals surface area contributed by atoms with Gasteiger partial charge in [-0.1, -0.05) is 6.92 Å². The zero-order chi connectivity index (χ0) is 16.0. The third-order valence-corrected chi connectivity index (χ3v) is 2.66. The van der Waals surface area contributed by atoms with Crippen molar-refractivity contribution in [2.24, 2.45) is 0 Å². The molecule has 0 aliphatic rings. The molecule has 0 heterocycles. The minimum atomic E-state index is -4.28. The van der Waals surface area contributed by atoms with Gasteiger partial charge in [-0.2, -0.15) is 13.2 Å². The van der Waals surface area contributed by atoms with E-state index in [2.05, 4.69) is 10.6 Å². The number of alkyl halides is 3. The van der Waals surface area contributed by atoms with Gasteiger partial charge in [0, 0.05) is 36.1 Å². The van der Waals surface area contributed by atoms with Crippen LogP contribution in [-0.4, -0.2) is 23.7 Å². The van der Waals surface area contributed by atoms with Crippen LogP contribution < -0.4 is 10.6 Å². The average molecular weight is 305 g/mol. The van der Waals surface area contributed by atoms with Crippen molar-refractivity contribution in [2.75, 3.05) is 17.2 Å². The minimum Gasteiger partial charge on any atom is -0.385 e. The number of nitro benzene ring substituents is 1. The second-order valence-electron chi connectivity index (χ2n) is 4.82. The highest BCUT2D eigenvalue weighted by Gasteiger charge is 2.30. The van der Waals surface area contributed by atoms with Crippen LogP contribution in [0.4, 0.5) is 30.2 Å². The molecule has 0 aliphatic heterocycles. The molecule has 1 aromatic rings. The van der Waals surface area contributed by atoms with E-state index in [1.54, 1.807) is 6.07 Å². The normalized spacial score (nSPS) is 12.8. The minimum absolute atomic E-state index is 0.169. The molecule has 0 spiro atoms. The Morgan fingerprint density at radius 3 is 2.43 bits per heavy atom. The van der Waals surface area contributed by atoms with E-state index in [9.17, 15) is 23.3 Å². The van der Waals surface area contributed by atoms with Gasteiger partial charge in [-0.3, -0.25) is 10.1 Å². The van der Waals surface area contributed by atoms with E-state index in [1.807, 2.05) is 6.92 Å². The van der Waals surface area contributed by atoms with E-state index >= 15 is 0 Å². The molecule has 0 amide bonds. The first-order valence-electron chi connectivity index (χ1n) is 6.58. The van der Waals surface area contributed by atoms with Gasteiger partial charge in [-0.15, -0.1) is 0 Å². The fourth-order valence-electron chi connectivity index (χ4n) is 1.85. The van der Waals surface area contributed by atoms with Gasteiger partial charge in [0.2, 0.25) is 0 Å². The van der Waals surface area contributed by atoms with Gasteiger partial charge >= 0.3 is 6.18 Å². The number of non-ortho nitro benzene ring substituents is 1. The van der Waals surface area contributed by atoms with Crippen molar-refractivity contribution in [3.8, 4) is 0 Å². The number of halogens is 3. The largest absolute Gasteiger partial charge is 0.391 e. The third kappa shape index (κ3) is 6.33. The molecule has 0 fully saturated rings. The molecule has 1 atom stereocenters. The summed E-state index contributed by atoms with van der Waals surface area (Å²) in [6.07, 6.45) is -4.46. The predicted molar refractivity (Wildman–Crippen MR) is 75.6 cm³/mol. The van der Waals surface area contributed by atoms with Crippen LogP contribution in [0, 0.1) is 10.1 Å². The van der Waals surface area contributed by atoms with E-state index in [4.69, 9.17) is 0 Å². The molecule has 0 aliphatic carbocycles. The molecule has 0 radical (unpaired) electrons. The van der Waals surface area contributed by atoms with Crippen molar-refractivity contribution in [3.05, 3.63) is 28.3 Å². The summed E-state index contributed by atoms with van der Waals surface area (Å²) in [7, 11) is 0. The van der Waals surface area contributed by atoms with Crippen LogP contribution in [0.15, 0.2) is 18.2 Å². The van der Waals surface area contributed by atoms with Crippen molar-refractivity contribution in [2.45, 2.75) is 38.9 Å². The van der Waals surface area contributed by atoms with Crippen LogP contribution in [0.1, 0.15) is 26.7 Å². The van der Waals surface area contributed by atoms with Crippen molar-refractivity contribution in [1.82, 2.24) is 0 Å². The number of nitrogens with one attached hydrogen (secondary N) is 2. The Bertz CT molecular complexity index is 492. The van der Waals surface area contributed by atoms with Crippen LogP contribution in [0.3, 0.4) is 0 Å². The summed E-state index contributed by atoms with van der Waals surface area (Å²) in [6, 6.07) is 3.28. The summed E-state index contributed by atoms with van der Waals surface area (Å²) in [5.41, 5.74) is 0.630. The van der Waals surface area contributed by atoms with E-state index in [0.717, 1.165) is 6.42 Å². The lowest BCUT2D eigenvalue weighted by Gasteiger charge is -2.17. The van der Waals surface area contributed by atoms with Gasteiger partial charge in [0.05, 0.1) is 11.3 Å². The van der Waals surface area contributed by atoms with Gasteiger partial charge in [-0.25, -0.2) is 0 Å². The Labute approximate surface area is 120 Å². The fourth-order valence-corrected chi connectivity index (χ4v) is 1.85. The molecule has 5 nitrogen and oxygen atoms in total. The van der Waals surface area contributed by atoms with Gasteiger partial charge in [0.1, 0.15) is 0 Å². The average Bonchev–Trinajstić information content (AvgIpc) is 2.33. The Morgan fingerprint density at radius 2 is 1.90 bits per heavy atom. The van der Waals surface area contributed by atoms with E-state index in [-0.39, 0.29) is 5.69 Å². The first kappa shape index (κ1) is 17.1. The highest BCUT2D eigenvalue weighted by molar-refractivity contribution is 5.63. The smallest absolute Gasteiger partial charge is 0.385 e. The molecule has 2 N–H and O–H groups in total. The lowest BCUT2D eigenvalue weighted by molar-refractivity contribution is -0.384. The first-order valence-corrected chi connectivity index (χ1v) is 6.58. The van der Waals surface area contributed by atoms with Gasteiger partial charge < -0.3 is 10.6 Å². The molecule has 0 saturated carbocycles. The van der Waals surface area contributed by atoms with Crippen molar-refractivity contribution in [1.29, 1.82) is 0 Å². The van der Waals surface area contributed by atoms with Crippen LogP contribution in [-0.2, 0) is 0 Å². The molecule has 1 unspecified atom stereocenters. The SMILES string of the molecule is CCCNc1cc(NC(C)CC(F)(F)F)cc([N+](=O)[O-])c1. The summed E-state index contributed by atoms with van der Waals surface area (Å²) < 4.78 is 36.9. The maximum absolute atomic E-state index is 12.3. The quantitative estimate of drug-likeness (QED) is 0.586. The summed E-state index contributed by atoms with van der Waals surface area (Å²) in [5.74, 6) is 0. The van der Waals surface area contributed by atoms with Crippen LogP contribution in [0.5, 0.6) is 0 Å². The number of nitro groups is 1. The highest BCUT2D eigenvalue weighted by Crippen LogP contribution is 2.27. The van der Waals surface area contributed by atoms with Crippen molar-refractivity contribution < 1.29 is 18.1 Å². The van der Waals surface area contributed by atoms with E-state index in [0.29, 0.717) is 17.9 Å². The molecular weight excluding hydrogens is 287 g/mol. The van der Waals surface area contributed by atoms with Gasteiger partial charge in [0.25, 0.3) is 5.69 Å². The molecule has 0 saturated heterocycles. The third-order valence-electron chi connectivity index (χ3n) is 2.66. The number of nitrogens with zero attached hydrogens (tertiary/aromatic N) is 1. The zero-order valence-electron chi connectivity index (χ0n) is 11.8. The first-order chi connectivity index (χ1) is 9.71. The lowest BCUT2D eigenvalue weighted by Crippen LogP contribution is -2.23. The summed E-state index contributed by atoms with van der Waals surface area (Å²) >= 11 is 0. The Balaban J connectivity index is 2.89. The Hall–Kier alpha value is -1.99. The Morgan fingerprint density at radius 1 is 1.29 bits per heavy atom. The predicted octanol–water partition coefficient (Wildman–Crippen LogP) is 4.17. The van der Waals surface area contributed by atoms with Crippen LogP contribution in [0.25, 0.3) is 0 Å². The summed E-state index contributed by atoms with van der Waals surface area (Å²) in [4.78, 5) is 10.3. The van der Waals surface area contributed by atoms with Crippen LogP contribution >= 0.6 is 0 Å². The molecule has 8 heteroatoms. The molecule has 1 rings (SSSR count). The maximum Gasteiger partial charge on any atom is 0.391 e. The number of anilines is 2. The van der Waals surface area contributed by atoms with E-state index < -0.39 is 23.6 Å². The topological polar surface area (TPSA) is 67.2 Å². The van der Waals surface area contributed by atoms with Gasteiger partial charge in [0.15, 0.2) is 0 Å². The number of benzene rings is 1. The highest BCUT2D eigenvalue weighted by atomic mass is 19.4. The molecule has 118 valence electrons. The van der Waals surface area contributed by atoms with Crippen LogP contribution in [0.2, 0.25) is 0 Å². The molecule has 21 heavy (non-hydrogen) atoms. The summed E-state index contributed by atoms with van der Waals surface area (Å²) in [6.45, 7) is 3.94. The van der Waals surface area contributed by atoms with Crippen molar-refractivity contribution >= 4 is 17.1 Å². The monoisotopic (exact) mass is 305 g/mol. The number of hydrogen-bond acceptors (Lipinski definition) is 4. The molecule has 0 bridgehead atoms. The molecule has 0 aromatic heterocycles. The second kappa shape index (κ2) is 7.14. The second-order valence-corrected chi connectivity index (χ2v) is 4.82. The fraction of sp³-hybridized carbons (Fsp3) is 0.538. The molecular formula is C13H18F3N3O2. The van der Waals surface area contributed by atoms with Gasteiger partial charge in [-0.05, 0) is 19.4 Å². The number of rotatable bonds is 7. The van der Waals surface area contributed by atoms with Crippen molar-refractivity contribution in [3.63, 3.8) is 0 Å². The lowest BCUT2D eigenvalue weighted by atomic mass is 10.2. The Kier molecular flexibility index (Phi) is 5.80. The summed E-state index contributed by atoms with van der Waals surface area (Å²) in [5, 5.41) is 16.5. The standard InChI is InChI=1S/C13H18F3N3O2/c1-3-4-17-10-5-11(7-12(6-10)19(20)21)18-9(2)8-13(14,15)16/h5-7,9,17-18H,3-4,8H2,1-2H3. The number of hydrogen-bond donors (Lipinski definition) is 2. The van der Waals surface area contributed by atoms with E-state index in [1.165, 1.54) is 19.1 Å². The molecule has 1 aromatic carbocycles.